The van der Waals surface area contributed by atoms with Gasteiger partial charge in [-0.2, -0.15) is 0 Å². The summed E-state index contributed by atoms with van der Waals surface area (Å²) in [7, 11) is -1.75. The predicted molar refractivity (Wildman–Crippen MR) is 130 cm³/mol. The Morgan fingerprint density at radius 3 is 2.35 bits per heavy atom. The second-order valence-electron chi connectivity index (χ2n) is 6.86. The van der Waals surface area contributed by atoms with Gasteiger partial charge in [0.2, 0.25) is 10.0 Å². The summed E-state index contributed by atoms with van der Waals surface area (Å²) in [5, 5.41) is 3.10. The highest BCUT2D eigenvalue weighted by Crippen LogP contribution is 2.09. The number of nitrogens with one attached hydrogen (secondary N) is 2. The average Bonchev–Trinajstić information content (AvgIpc) is 3.31. The minimum atomic E-state index is -3.41. The van der Waals surface area contributed by atoms with Crippen LogP contribution in [0.25, 0.3) is 0 Å². The first kappa shape index (κ1) is 25.1. The molecular formula is C20H28IN5O4S. The number of nitrogens with zero attached hydrogens (tertiary/aromatic N) is 3. The zero-order chi connectivity index (χ0) is 21.4. The maximum atomic E-state index is 12.3. The van der Waals surface area contributed by atoms with Crippen molar-refractivity contribution in [3.63, 3.8) is 0 Å². The van der Waals surface area contributed by atoms with Crippen molar-refractivity contribution < 1.29 is 17.6 Å². The molecule has 0 saturated carbocycles. The molecule has 2 aromatic rings. The van der Waals surface area contributed by atoms with E-state index in [2.05, 4.69) is 15.0 Å². The largest absolute Gasteiger partial charge is 0.459 e. The maximum Gasteiger partial charge on any atom is 0.289 e. The van der Waals surface area contributed by atoms with Crippen LogP contribution in [0.1, 0.15) is 16.1 Å². The van der Waals surface area contributed by atoms with E-state index in [0.29, 0.717) is 37.9 Å². The van der Waals surface area contributed by atoms with E-state index in [4.69, 9.17) is 4.42 Å². The second kappa shape index (κ2) is 12.1. The summed E-state index contributed by atoms with van der Waals surface area (Å²) < 4.78 is 32.2. The molecule has 2 heterocycles. The number of halogens is 1. The van der Waals surface area contributed by atoms with Crippen LogP contribution >= 0.6 is 24.0 Å². The van der Waals surface area contributed by atoms with Gasteiger partial charge in [0.05, 0.1) is 12.0 Å². The number of amides is 1. The van der Waals surface area contributed by atoms with Gasteiger partial charge in [-0.15, -0.1) is 24.0 Å². The number of piperazine rings is 1. The van der Waals surface area contributed by atoms with Crippen LogP contribution in [-0.2, 0) is 16.6 Å². The number of benzene rings is 1. The van der Waals surface area contributed by atoms with Crippen LogP contribution < -0.4 is 10.0 Å². The lowest BCUT2D eigenvalue weighted by Crippen LogP contribution is -2.54. The molecule has 1 aromatic heterocycles. The van der Waals surface area contributed by atoms with Crippen molar-refractivity contribution in [2.45, 2.75) is 6.54 Å². The molecule has 3 rings (SSSR count). The van der Waals surface area contributed by atoms with E-state index in [1.807, 2.05) is 35.2 Å². The highest BCUT2D eigenvalue weighted by atomic mass is 127. The van der Waals surface area contributed by atoms with E-state index in [1.165, 1.54) is 6.26 Å². The monoisotopic (exact) mass is 561 g/mol. The number of rotatable bonds is 7. The number of aliphatic imine (C=N–C) groups is 1. The third-order valence-electron chi connectivity index (χ3n) is 4.80. The molecule has 0 atom stereocenters. The van der Waals surface area contributed by atoms with Crippen LogP contribution in [0.5, 0.6) is 0 Å². The lowest BCUT2D eigenvalue weighted by Gasteiger charge is -2.36. The van der Waals surface area contributed by atoms with Gasteiger partial charge in [-0.05, 0) is 17.7 Å². The summed E-state index contributed by atoms with van der Waals surface area (Å²) in [6.45, 7) is 2.79. The number of guanidine groups is 1. The number of sulfonamides is 1. The highest BCUT2D eigenvalue weighted by molar-refractivity contribution is 14.0. The van der Waals surface area contributed by atoms with Gasteiger partial charge in [0, 0.05) is 46.3 Å². The molecule has 1 aliphatic rings. The van der Waals surface area contributed by atoms with Gasteiger partial charge in [0.15, 0.2) is 11.7 Å². The van der Waals surface area contributed by atoms with Crippen molar-refractivity contribution >= 4 is 45.9 Å². The Bertz CT molecular complexity index is 943. The fraction of sp³-hybridized carbons (Fsp3) is 0.400. The Balaban J connectivity index is 0.00000341. The summed E-state index contributed by atoms with van der Waals surface area (Å²) in [5.74, 6) is 0.770. The molecule has 1 saturated heterocycles. The molecule has 1 amide bonds. The van der Waals surface area contributed by atoms with Crippen LogP contribution in [0.15, 0.2) is 58.1 Å². The van der Waals surface area contributed by atoms with Crippen molar-refractivity contribution in [2.24, 2.45) is 4.99 Å². The maximum absolute atomic E-state index is 12.3. The summed E-state index contributed by atoms with van der Waals surface area (Å²) in [4.78, 5) is 20.3. The Hall–Kier alpha value is -2.12. The zero-order valence-corrected chi connectivity index (χ0v) is 20.5. The number of carbonyl (C=O) groups is 1. The molecule has 170 valence electrons. The molecule has 1 aromatic carbocycles. The topological polar surface area (TPSA) is 107 Å². The molecule has 2 N–H and O–H groups in total. The standard InChI is InChI=1S/C20H27N5O4S.HI/c1-21-20(22-9-15-30(27,28)23-16-17-6-3-2-4-7-17)25-12-10-24(11-13-25)19(26)18-8-5-14-29-18;/h2-8,14,23H,9-13,15-16H2,1H3,(H,21,22);1H. The third-order valence-corrected chi connectivity index (χ3v) is 6.13. The smallest absolute Gasteiger partial charge is 0.289 e. The first-order valence-electron chi connectivity index (χ1n) is 9.78. The molecule has 0 unspecified atom stereocenters. The van der Waals surface area contributed by atoms with E-state index in [9.17, 15) is 13.2 Å². The van der Waals surface area contributed by atoms with Crippen molar-refractivity contribution in [1.82, 2.24) is 19.8 Å². The third kappa shape index (κ3) is 7.51. The van der Waals surface area contributed by atoms with E-state index >= 15 is 0 Å². The van der Waals surface area contributed by atoms with Gasteiger partial charge in [-0.25, -0.2) is 13.1 Å². The van der Waals surface area contributed by atoms with Crippen molar-refractivity contribution in [2.75, 3.05) is 45.5 Å². The lowest BCUT2D eigenvalue weighted by atomic mass is 10.2. The summed E-state index contributed by atoms with van der Waals surface area (Å²) >= 11 is 0. The van der Waals surface area contributed by atoms with Crippen LogP contribution in [0.4, 0.5) is 0 Å². The molecule has 0 radical (unpaired) electrons. The Labute approximate surface area is 200 Å². The molecule has 11 heteroatoms. The fourth-order valence-corrected chi connectivity index (χ4v) is 4.07. The van der Waals surface area contributed by atoms with Crippen molar-refractivity contribution in [3.05, 3.63) is 60.1 Å². The Kier molecular flexibility index (Phi) is 9.78. The van der Waals surface area contributed by atoms with Crippen LogP contribution in [0, 0.1) is 0 Å². The Morgan fingerprint density at radius 1 is 1.06 bits per heavy atom. The number of carbonyl (C=O) groups excluding carboxylic acids is 1. The number of hydrogen-bond donors (Lipinski definition) is 2. The van der Waals surface area contributed by atoms with Gasteiger partial charge in [-0.3, -0.25) is 9.79 Å². The first-order valence-corrected chi connectivity index (χ1v) is 11.4. The average molecular weight is 561 g/mol. The van der Waals surface area contributed by atoms with Gasteiger partial charge in [0.25, 0.3) is 5.91 Å². The van der Waals surface area contributed by atoms with Gasteiger partial charge in [0.1, 0.15) is 0 Å². The van der Waals surface area contributed by atoms with E-state index in [0.717, 1.165) is 5.56 Å². The minimum absolute atomic E-state index is 0. The van der Waals surface area contributed by atoms with E-state index in [1.54, 1.807) is 24.1 Å². The second-order valence-corrected chi connectivity index (χ2v) is 8.78. The van der Waals surface area contributed by atoms with Crippen LogP contribution in [0.2, 0.25) is 0 Å². The van der Waals surface area contributed by atoms with Crippen LogP contribution in [0.3, 0.4) is 0 Å². The quantitative estimate of drug-likeness (QED) is 0.301. The van der Waals surface area contributed by atoms with E-state index in [-0.39, 0.29) is 48.7 Å². The summed E-state index contributed by atoms with van der Waals surface area (Å²) in [5.41, 5.74) is 0.909. The van der Waals surface area contributed by atoms with Crippen molar-refractivity contribution in [3.8, 4) is 0 Å². The molecule has 0 aliphatic carbocycles. The highest BCUT2D eigenvalue weighted by Gasteiger charge is 2.25. The molecule has 1 aliphatic heterocycles. The van der Waals surface area contributed by atoms with Gasteiger partial charge < -0.3 is 19.5 Å². The van der Waals surface area contributed by atoms with Gasteiger partial charge >= 0.3 is 0 Å². The molecule has 0 spiro atoms. The Morgan fingerprint density at radius 2 is 1.74 bits per heavy atom. The zero-order valence-electron chi connectivity index (χ0n) is 17.4. The number of furan rings is 1. The molecular weight excluding hydrogens is 533 g/mol. The summed E-state index contributed by atoms with van der Waals surface area (Å²) in [6.07, 6.45) is 1.48. The van der Waals surface area contributed by atoms with Crippen molar-refractivity contribution in [1.29, 1.82) is 0 Å². The molecule has 0 bridgehead atoms. The predicted octanol–water partition coefficient (Wildman–Crippen LogP) is 1.35. The normalized spacial score (nSPS) is 14.8. The lowest BCUT2D eigenvalue weighted by molar-refractivity contribution is 0.0658. The molecule has 9 nitrogen and oxygen atoms in total. The van der Waals surface area contributed by atoms with Gasteiger partial charge in [-0.1, -0.05) is 30.3 Å². The van der Waals surface area contributed by atoms with Crippen LogP contribution in [-0.4, -0.2) is 75.6 Å². The summed E-state index contributed by atoms with van der Waals surface area (Å²) in [6, 6.07) is 12.7. The molecule has 31 heavy (non-hydrogen) atoms. The van der Waals surface area contributed by atoms with E-state index < -0.39 is 10.0 Å². The SMILES string of the molecule is CN=C(NCCS(=O)(=O)NCc1ccccc1)N1CCN(C(=O)c2ccco2)CC1.I. The number of hydrogen-bond acceptors (Lipinski definition) is 5. The molecule has 1 fully saturated rings. The fourth-order valence-electron chi connectivity index (χ4n) is 3.17. The minimum Gasteiger partial charge on any atom is -0.459 e. The first-order chi connectivity index (χ1) is 14.5.